The summed E-state index contributed by atoms with van der Waals surface area (Å²) in [5.74, 6) is -0.985. The highest BCUT2D eigenvalue weighted by Crippen LogP contribution is 2.54. The van der Waals surface area contributed by atoms with Crippen molar-refractivity contribution < 1.29 is 48.9 Å². The van der Waals surface area contributed by atoms with Gasteiger partial charge in [0.1, 0.15) is 41.3 Å². The molecule has 0 aromatic heterocycles. The quantitative estimate of drug-likeness (QED) is 0.308. The summed E-state index contributed by atoms with van der Waals surface area (Å²) in [6.07, 6.45) is -3.62. The number of aliphatic hydroxyl groups is 1. The number of carboxylic acid groups (broad SMARTS) is 1. The molecule has 3 aromatic carbocycles. The normalized spacial score (nSPS) is 21.6. The van der Waals surface area contributed by atoms with Gasteiger partial charge in [0.2, 0.25) is 0 Å². The fourth-order valence-electron chi connectivity index (χ4n) is 4.81. The summed E-state index contributed by atoms with van der Waals surface area (Å²) in [6, 6.07) is 10.5. The zero-order valence-electron chi connectivity index (χ0n) is 19.9. The first-order valence-electron chi connectivity index (χ1n) is 11.3. The number of phenols is 2. The van der Waals surface area contributed by atoms with Crippen molar-refractivity contribution in [2.45, 2.75) is 30.8 Å². The third kappa shape index (κ3) is 4.23. The summed E-state index contributed by atoms with van der Waals surface area (Å²) in [6.45, 7) is 0. The van der Waals surface area contributed by atoms with E-state index in [0.29, 0.717) is 34.1 Å². The van der Waals surface area contributed by atoms with Crippen LogP contribution in [0, 0.1) is 0 Å². The Balaban J connectivity index is 1.61. The molecule has 2 heterocycles. The van der Waals surface area contributed by atoms with E-state index in [1.165, 1.54) is 20.3 Å². The van der Waals surface area contributed by atoms with Gasteiger partial charge in [-0.05, 0) is 17.7 Å². The largest absolute Gasteiger partial charge is 0.508 e. The minimum atomic E-state index is -1.29. The summed E-state index contributed by atoms with van der Waals surface area (Å²) in [5.41, 5.74) is 7.74. The van der Waals surface area contributed by atoms with E-state index in [9.17, 15) is 20.1 Å². The topological polar surface area (TPSA) is 170 Å². The molecule has 0 amide bonds. The Bertz CT molecular complexity index is 1370. The van der Waals surface area contributed by atoms with Crippen LogP contribution in [0.4, 0.5) is 5.69 Å². The van der Waals surface area contributed by atoms with E-state index in [2.05, 4.69) is 0 Å². The molecule has 0 spiro atoms. The van der Waals surface area contributed by atoms with Crippen LogP contribution in [0.15, 0.2) is 42.5 Å². The minimum Gasteiger partial charge on any atom is -0.508 e. The number of nitrogens with two attached hydrogens (primary N) is 1. The van der Waals surface area contributed by atoms with Gasteiger partial charge >= 0.3 is 5.97 Å². The second-order valence-corrected chi connectivity index (χ2v) is 8.69. The van der Waals surface area contributed by atoms with Crippen molar-refractivity contribution in [3.8, 4) is 40.2 Å². The number of hydrogen-bond acceptors (Lipinski definition) is 10. The maximum absolute atomic E-state index is 11.7. The molecule has 37 heavy (non-hydrogen) atoms. The zero-order chi connectivity index (χ0) is 26.4. The number of carboxylic acids is 1. The van der Waals surface area contributed by atoms with Gasteiger partial charge in [-0.3, -0.25) is 4.79 Å². The molecule has 4 atom stereocenters. The van der Waals surface area contributed by atoms with Gasteiger partial charge in [-0.25, -0.2) is 0 Å². The Morgan fingerprint density at radius 3 is 2.41 bits per heavy atom. The van der Waals surface area contributed by atoms with E-state index in [1.54, 1.807) is 30.3 Å². The molecule has 3 aromatic rings. The minimum absolute atomic E-state index is 0.136. The molecule has 0 aliphatic carbocycles. The predicted octanol–water partition coefficient (Wildman–Crippen LogP) is 2.90. The van der Waals surface area contributed by atoms with Crippen LogP contribution in [-0.2, 0) is 4.79 Å². The number of fused-ring (bicyclic) bond motifs is 2. The molecule has 0 bridgehead atoms. The predicted molar refractivity (Wildman–Crippen MR) is 129 cm³/mol. The Morgan fingerprint density at radius 2 is 1.70 bits per heavy atom. The van der Waals surface area contributed by atoms with Crippen LogP contribution in [0.25, 0.3) is 0 Å². The van der Waals surface area contributed by atoms with Gasteiger partial charge < -0.3 is 49.8 Å². The maximum atomic E-state index is 11.7. The molecule has 5 rings (SSSR count). The first-order chi connectivity index (χ1) is 17.7. The van der Waals surface area contributed by atoms with Crippen LogP contribution in [0.2, 0.25) is 0 Å². The lowest BCUT2D eigenvalue weighted by atomic mass is 9.78. The molecular formula is C26H25NO10. The van der Waals surface area contributed by atoms with E-state index >= 15 is 0 Å². The standard InChI is InChI=1S/C26H25NO10/c1-33-13-8-14(27)22(18(9-13)34-2)24-23-15(29)6-12(28)7-19(23)37-26(25(24)32)11-3-4-16-17(5-11)36-21(35-16)10-20(30)31/h3-9,21,24-26,28-29,32H,10,27H2,1-2H3,(H,30,31). The van der Waals surface area contributed by atoms with E-state index in [-0.39, 0.29) is 34.9 Å². The summed E-state index contributed by atoms with van der Waals surface area (Å²) in [4.78, 5) is 11.0. The van der Waals surface area contributed by atoms with Crippen LogP contribution in [0.1, 0.15) is 35.1 Å². The summed E-state index contributed by atoms with van der Waals surface area (Å²) in [7, 11) is 2.93. The van der Waals surface area contributed by atoms with Crippen molar-refractivity contribution in [2.75, 3.05) is 20.0 Å². The van der Waals surface area contributed by atoms with Crippen molar-refractivity contribution in [3.05, 3.63) is 59.2 Å². The summed E-state index contributed by atoms with van der Waals surface area (Å²) in [5, 5.41) is 41.6. The number of phenolic OH excluding ortho intramolecular Hbond substituents is 2. The molecule has 0 saturated heterocycles. The number of rotatable bonds is 6. The van der Waals surface area contributed by atoms with Gasteiger partial charge in [0.15, 0.2) is 17.6 Å². The van der Waals surface area contributed by atoms with E-state index in [4.69, 9.17) is 34.5 Å². The number of aliphatic carboxylic acids is 1. The smallest absolute Gasteiger partial charge is 0.310 e. The number of nitrogen functional groups attached to an aromatic ring is 1. The van der Waals surface area contributed by atoms with Gasteiger partial charge in [-0.2, -0.15) is 0 Å². The lowest BCUT2D eigenvalue weighted by Gasteiger charge is -2.38. The number of methoxy groups -OCH3 is 2. The van der Waals surface area contributed by atoms with Gasteiger partial charge in [0, 0.05) is 41.1 Å². The molecular weight excluding hydrogens is 486 g/mol. The molecule has 194 valence electrons. The lowest BCUT2D eigenvalue weighted by molar-refractivity contribution is -0.141. The van der Waals surface area contributed by atoms with E-state index < -0.39 is 30.4 Å². The lowest BCUT2D eigenvalue weighted by Crippen LogP contribution is -2.35. The number of aliphatic hydroxyl groups excluding tert-OH is 1. The van der Waals surface area contributed by atoms with Crippen LogP contribution in [0.3, 0.4) is 0 Å². The van der Waals surface area contributed by atoms with Gasteiger partial charge in [-0.15, -0.1) is 0 Å². The SMILES string of the molecule is COc1cc(N)c(C2c3c(O)cc(O)cc3OC(c3ccc4c(c3)OC(CC(=O)O)O4)C2O)c(OC)c1. The molecule has 0 saturated carbocycles. The van der Waals surface area contributed by atoms with E-state index in [0.717, 1.165) is 6.07 Å². The molecule has 6 N–H and O–H groups in total. The Hall–Kier alpha value is -4.51. The maximum Gasteiger partial charge on any atom is 0.310 e. The number of anilines is 1. The number of hydrogen-bond donors (Lipinski definition) is 5. The first kappa shape index (κ1) is 24.2. The van der Waals surface area contributed by atoms with Crippen molar-refractivity contribution in [2.24, 2.45) is 0 Å². The van der Waals surface area contributed by atoms with Crippen molar-refractivity contribution in [3.63, 3.8) is 0 Å². The first-order valence-corrected chi connectivity index (χ1v) is 11.3. The summed E-state index contributed by atoms with van der Waals surface area (Å²) >= 11 is 0. The molecule has 0 radical (unpaired) electrons. The Labute approximate surface area is 211 Å². The number of ether oxygens (including phenoxy) is 5. The molecule has 2 aliphatic heterocycles. The van der Waals surface area contributed by atoms with Crippen LogP contribution >= 0.6 is 0 Å². The zero-order valence-corrected chi connectivity index (χ0v) is 19.9. The molecule has 11 nitrogen and oxygen atoms in total. The number of carbonyl (C=O) groups is 1. The highest BCUT2D eigenvalue weighted by molar-refractivity contribution is 5.68. The van der Waals surface area contributed by atoms with Crippen LogP contribution in [-0.4, -0.2) is 53.0 Å². The molecule has 0 fully saturated rings. The van der Waals surface area contributed by atoms with Crippen molar-refractivity contribution >= 4 is 11.7 Å². The highest BCUT2D eigenvalue weighted by atomic mass is 16.7. The Morgan fingerprint density at radius 1 is 0.946 bits per heavy atom. The molecule has 4 unspecified atom stereocenters. The number of aromatic hydroxyl groups is 2. The van der Waals surface area contributed by atoms with Gasteiger partial charge in [0.05, 0.1) is 20.1 Å². The van der Waals surface area contributed by atoms with Crippen molar-refractivity contribution in [1.82, 2.24) is 0 Å². The van der Waals surface area contributed by atoms with Gasteiger partial charge in [0.25, 0.3) is 6.29 Å². The van der Waals surface area contributed by atoms with Crippen molar-refractivity contribution in [1.29, 1.82) is 0 Å². The average molecular weight is 511 g/mol. The van der Waals surface area contributed by atoms with Crippen LogP contribution < -0.4 is 29.4 Å². The van der Waals surface area contributed by atoms with E-state index in [1.807, 2.05) is 0 Å². The third-order valence-corrected chi connectivity index (χ3v) is 6.39. The van der Waals surface area contributed by atoms with Gasteiger partial charge in [-0.1, -0.05) is 6.07 Å². The average Bonchev–Trinajstić information content (AvgIpc) is 3.24. The van der Waals surface area contributed by atoms with Crippen LogP contribution in [0.5, 0.6) is 40.2 Å². The monoisotopic (exact) mass is 511 g/mol. The Kier molecular flexibility index (Phi) is 6.00. The summed E-state index contributed by atoms with van der Waals surface area (Å²) < 4.78 is 28.1. The molecule has 2 aliphatic rings. The highest BCUT2D eigenvalue weighted by Gasteiger charge is 2.44. The second-order valence-electron chi connectivity index (χ2n) is 8.69. The fraction of sp³-hybridized carbons (Fsp3) is 0.269. The number of benzene rings is 3. The fourth-order valence-corrected chi connectivity index (χ4v) is 4.81. The third-order valence-electron chi connectivity index (χ3n) is 6.39. The second kappa shape index (κ2) is 9.17. The molecule has 11 heteroatoms.